The maximum absolute atomic E-state index is 11.2. The van der Waals surface area contributed by atoms with E-state index < -0.39 is 8.27 Å². The molecule has 0 aliphatic rings. The highest BCUT2D eigenvalue weighted by Gasteiger charge is 2.15. The lowest BCUT2D eigenvalue weighted by atomic mass is 10.3. The van der Waals surface area contributed by atoms with Crippen LogP contribution < -0.4 is 4.74 Å². The van der Waals surface area contributed by atoms with Crippen LogP contribution in [0.25, 0.3) is 0 Å². The predicted octanol–water partition coefficient (Wildman–Crippen LogP) is 2.54. The highest BCUT2D eigenvalue weighted by atomic mass is 79.9. The van der Waals surface area contributed by atoms with Crippen molar-refractivity contribution >= 4 is 39.0 Å². The van der Waals surface area contributed by atoms with Gasteiger partial charge in [-0.2, -0.15) is 0 Å². The highest BCUT2D eigenvalue weighted by molar-refractivity contribution is 9.47. The summed E-state index contributed by atoms with van der Waals surface area (Å²) in [5.41, 5.74) is 0. The van der Waals surface area contributed by atoms with Crippen LogP contribution in [0.4, 0.5) is 0 Å². The van der Waals surface area contributed by atoms with Crippen molar-refractivity contribution in [2.24, 2.45) is 0 Å². The fourth-order valence-electron chi connectivity index (χ4n) is 0.841. The summed E-state index contributed by atoms with van der Waals surface area (Å²) >= 11 is 5.76. The van der Waals surface area contributed by atoms with Crippen LogP contribution in [0.3, 0.4) is 0 Å². The molecule has 13 heavy (non-hydrogen) atoms. The van der Waals surface area contributed by atoms with Crippen molar-refractivity contribution < 1.29 is 13.2 Å². The van der Waals surface area contributed by atoms with Crippen molar-refractivity contribution in [2.75, 3.05) is 7.11 Å². The number of hydrogen-bond acceptors (Lipinski definition) is 3. The van der Waals surface area contributed by atoms with Gasteiger partial charge in [-0.25, -0.2) is 8.42 Å². The number of benzene rings is 1. The van der Waals surface area contributed by atoms with E-state index in [1.807, 2.05) is 0 Å². The second-order valence-electron chi connectivity index (χ2n) is 2.23. The molecule has 0 N–H and O–H groups in total. The summed E-state index contributed by atoms with van der Waals surface area (Å²) in [5, 5.41) is 0. The molecule has 0 spiro atoms. The van der Waals surface area contributed by atoms with Crippen LogP contribution in [0.15, 0.2) is 27.6 Å². The Morgan fingerprint density at radius 3 is 2.46 bits per heavy atom. The molecule has 0 aliphatic heterocycles. The van der Waals surface area contributed by atoms with Crippen LogP contribution in [0.1, 0.15) is 0 Å². The number of hydrogen-bond donors (Lipinski definition) is 0. The monoisotopic (exact) mass is 328 g/mol. The van der Waals surface area contributed by atoms with E-state index in [1.165, 1.54) is 13.2 Å². The summed E-state index contributed by atoms with van der Waals surface area (Å²) in [4.78, 5) is 0.115. The van der Waals surface area contributed by atoms with E-state index in [4.69, 9.17) is 4.74 Å². The Balaban J connectivity index is 3.41. The number of rotatable bonds is 2. The summed E-state index contributed by atoms with van der Waals surface area (Å²) in [7, 11) is -1.99. The Labute approximate surface area is 92.3 Å². The van der Waals surface area contributed by atoms with Gasteiger partial charge < -0.3 is 4.74 Å². The smallest absolute Gasteiger partial charge is 0.241 e. The second kappa shape index (κ2) is 3.98. The molecule has 0 atom stereocenters. The Kier molecular flexibility index (Phi) is 3.37. The zero-order valence-electron chi connectivity index (χ0n) is 6.62. The summed E-state index contributed by atoms with van der Waals surface area (Å²) in [5.74, 6) is 0.320. The Morgan fingerprint density at radius 2 is 2.00 bits per heavy atom. The summed E-state index contributed by atoms with van der Waals surface area (Å²) in [6, 6.07) is 4.77. The van der Waals surface area contributed by atoms with Gasteiger partial charge in [0.15, 0.2) is 0 Å². The van der Waals surface area contributed by atoms with Crippen molar-refractivity contribution in [2.45, 2.75) is 4.90 Å². The molecule has 0 saturated heterocycles. The first-order chi connectivity index (χ1) is 5.95. The molecule has 0 unspecified atom stereocenters. The molecule has 3 nitrogen and oxygen atoms in total. The molecular weight excluding hydrogens is 324 g/mol. The maximum atomic E-state index is 11.2. The zero-order valence-corrected chi connectivity index (χ0v) is 10.6. The molecule has 1 rings (SSSR count). The van der Waals surface area contributed by atoms with Crippen molar-refractivity contribution in [3.63, 3.8) is 0 Å². The summed E-state index contributed by atoms with van der Waals surface area (Å²) in [6.07, 6.45) is 0. The van der Waals surface area contributed by atoms with Gasteiger partial charge in [-0.15, -0.1) is 0 Å². The molecule has 1 aromatic rings. The topological polar surface area (TPSA) is 43.4 Å². The van der Waals surface area contributed by atoms with Gasteiger partial charge in [-0.3, -0.25) is 0 Å². The predicted molar refractivity (Wildman–Crippen MR) is 56.8 cm³/mol. The average Bonchev–Trinajstić information content (AvgIpc) is 2.03. The first-order valence-corrected chi connectivity index (χ1v) is 7.35. The summed E-state index contributed by atoms with van der Waals surface area (Å²) in [6.45, 7) is 0. The molecule has 0 bridgehead atoms. The van der Waals surface area contributed by atoms with E-state index in [9.17, 15) is 8.42 Å². The SMILES string of the molecule is COc1ccc(Br)cc1S(=O)(=O)Br. The van der Waals surface area contributed by atoms with Gasteiger partial charge in [0.1, 0.15) is 10.6 Å². The molecule has 0 aliphatic carbocycles. The molecule has 0 aromatic heterocycles. The van der Waals surface area contributed by atoms with Crippen LogP contribution in [0.5, 0.6) is 5.75 Å². The number of methoxy groups -OCH3 is 1. The highest BCUT2D eigenvalue weighted by Crippen LogP contribution is 2.30. The minimum Gasteiger partial charge on any atom is -0.495 e. The lowest BCUT2D eigenvalue weighted by Gasteiger charge is -2.05. The van der Waals surface area contributed by atoms with E-state index in [2.05, 4.69) is 30.7 Å². The van der Waals surface area contributed by atoms with Gasteiger partial charge in [0.25, 0.3) is 0 Å². The lowest BCUT2D eigenvalue weighted by Crippen LogP contribution is -1.95. The van der Waals surface area contributed by atoms with E-state index in [-0.39, 0.29) is 4.90 Å². The van der Waals surface area contributed by atoms with E-state index in [1.54, 1.807) is 12.1 Å². The van der Waals surface area contributed by atoms with Crippen LogP contribution in [0.2, 0.25) is 0 Å². The fraction of sp³-hybridized carbons (Fsp3) is 0.143. The molecule has 0 saturated carbocycles. The first kappa shape index (κ1) is 11.0. The molecule has 0 amide bonds. The Bertz CT molecular complexity index is 414. The van der Waals surface area contributed by atoms with Gasteiger partial charge in [-0.1, -0.05) is 15.9 Å². The van der Waals surface area contributed by atoms with Gasteiger partial charge in [-0.05, 0) is 18.2 Å². The standard InChI is InChI=1S/C7H6Br2O3S/c1-12-6-3-2-5(8)4-7(6)13(9,10)11/h2-4H,1H3. The van der Waals surface area contributed by atoms with E-state index in [0.29, 0.717) is 10.2 Å². The average molecular weight is 330 g/mol. The number of halogens is 2. The van der Waals surface area contributed by atoms with Gasteiger partial charge in [0, 0.05) is 4.47 Å². The first-order valence-electron chi connectivity index (χ1n) is 3.23. The van der Waals surface area contributed by atoms with Crippen molar-refractivity contribution in [3.8, 4) is 5.75 Å². The Hall–Kier alpha value is -0.0700. The van der Waals surface area contributed by atoms with Crippen LogP contribution in [-0.4, -0.2) is 15.5 Å². The quantitative estimate of drug-likeness (QED) is 0.783. The van der Waals surface area contributed by atoms with Crippen molar-refractivity contribution in [1.29, 1.82) is 0 Å². The largest absolute Gasteiger partial charge is 0.495 e. The van der Waals surface area contributed by atoms with Gasteiger partial charge in [0.05, 0.1) is 21.9 Å². The third kappa shape index (κ3) is 2.69. The van der Waals surface area contributed by atoms with Crippen LogP contribution in [-0.2, 0) is 8.27 Å². The zero-order chi connectivity index (χ0) is 10.1. The second-order valence-corrected chi connectivity index (χ2v) is 7.02. The fourth-order valence-corrected chi connectivity index (χ4v) is 2.77. The normalized spacial score (nSPS) is 11.3. The van der Waals surface area contributed by atoms with Gasteiger partial charge >= 0.3 is 0 Å². The maximum Gasteiger partial charge on any atom is 0.241 e. The third-order valence-electron chi connectivity index (χ3n) is 1.39. The van der Waals surface area contributed by atoms with Crippen LogP contribution >= 0.6 is 30.7 Å². The lowest BCUT2D eigenvalue weighted by molar-refractivity contribution is 0.403. The molecular formula is C7H6Br2O3S. The molecule has 0 fully saturated rings. The van der Waals surface area contributed by atoms with E-state index in [0.717, 1.165) is 0 Å². The minimum absolute atomic E-state index is 0.115. The summed E-state index contributed by atoms with van der Waals surface area (Å²) < 4.78 is 27.9. The Morgan fingerprint density at radius 1 is 1.38 bits per heavy atom. The van der Waals surface area contributed by atoms with Crippen molar-refractivity contribution in [3.05, 3.63) is 22.7 Å². The van der Waals surface area contributed by atoms with Crippen molar-refractivity contribution in [1.82, 2.24) is 0 Å². The van der Waals surface area contributed by atoms with E-state index >= 15 is 0 Å². The van der Waals surface area contributed by atoms with Crippen LogP contribution in [0, 0.1) is 0 Å². The molecule has 0 heterocycles. The minimum atomic E-state index is -3.41. The molecule has 6 heteroatoms. The molecule has 72 valence electrons. The third-order valence-corrected chi connectivity index (χ3v) is 3.77. The number of ether oxygens (including phenoxy) is 1. The van der Waals surface area contributed by atoms with Gasteiger partial charge in [0.2, 0.25) is 8.27 Å². The molecule has 1 aromatic carbocycles. The molecule has 0 radical (unpaired) electrons.